The highest BCUT2D eigenvalue weighted by molar-refractivity contribution is 7.91. The molecule has 0 amide bonds. The van der Waals surface area contributed by atoms with E-state index in [0.717, 1.165) is 5.56 Å². The van der Waals surface area contributed by atoms with Crippen LogP contribution in [0.2, 0.25) is 5.02 Å². The minimum Gasteiger partial charge on any atom is -0.306 e. The van der Waals surface area contributed by atoms with Crippen molar-refractivity contribution in [3.63, 3.8) is 0 Å². The quantitative estimate of drug-likeness (QED) is 0.916. The smallest absolute Gasteiger partial charge is 0.152 e. The molecule has 1 N–H and O–H groups in total. The molecule has 1 saturated heterocycles. The van der Waals surface area contributed by atoms with E-state index in [-0.39, 0.29) is 17.0 Å². The van der Waals surface area contributed by atoms with Crippen molar-refractivity contribution in [1.82, 2.24) is 5.32 Å². The fourth-order valence-electron chi connectivity index (χ4n) is 2.11. The molecular formula is C12H16ClNO2S. The minimum absolute atomic E-state index is 0.223. The third-order valence-corrected chi connectivity index (χ3v) is 5.25. The molecule has 1 fully saturated rings. The minimum atomic E-state index is -2.86. The summed E-state index contributed by atoms with van der Waals surface area (Å²) in [6, 6.07) is 7.59. The van der Waals surface area contributed by atoms with Gasteiger partial charge < -0.3 is 5.32 Å². The zero-order valence-corrected chi connectivity index (χ0v) is 11.3. The molecule has 0 saturated carbocycles. The zero-order valence-electron chi connectivity index (χ0n) is 9.74. The first-order chi connectivity index (χ1) is 7.89. The maximum absolute atomic E-state index is 11.5. The number of rotatable bonds is 3. The maximum Gasteiger partial charge on any atom is 0.152 e. The Bertz CT molecular complexity index is 515. The summed E-state index contributed by atoms with van der Waals surface area (Å²) < 4.78 is 22.9. The number of nitrogens with one attached hydrogen (secondary N) is 1. The summed E-state index contributed by atoms with van der Waals surface area (Å²) in [6.45, 7) is 2.61. The summed E-state index contributed by atoms with van der Waals surface area (Å²) in [5, 5.41) is 4.02. The lowest BCUT2D eigenvalue weighted by molar-refractivity contribution is 0.395. The van der Waals surface area contributed by atoms with Crippen LogP contribution < -0.4 is 5.32 Å². The van der Waals surface area contributed by atoms with Crippen LogP contribution in [0.5, 0.6) is 0 Å². The Kier molecular flexibility index (Phi) is 3.48. The molecule has 0 aromatic heterocycles. The molecule has 0 spiro atoms. The maximum atomic E-state index is 11.5. The van der Waals surface area contributed by atoms with Gasteiger partial charge in [0.2, 0.25) is 0 Å². The standard InChI is InChI=1S/C12H16ClNO2S/c1-12(5-6-17(15,16)9-12)14-8-10-3-2-4-11(13)7-10/h2-4,7,14H,5-6,8-9H2,1H3/t12-/m0/s1. The number of benzene rings is 1. The fraction of sp³-hybridized carbons (Fsp3) is 0.500. The van der Waals surface area contributed by atoms with E-state index in [9.17, 15) is 8.42 Å². The van der Waals surface area contributed by atoms with Gasteiger partial charge in [-0.1, -0.05) is 23.7 Å². The van der Waals surface area contributed by atoms with Crippen molar-refractivity contribution in [2.24, 2.45) is 0 Å². The summed E-state index contributed by atoms with van der Waals surface area (Å²) in [5.74, 6) is 0.507. The molecule has 0 radical (unpaired) electrons. The normalized spacial score (nSPS) is 27.2. The second-order valence-corrected chi connectivity index (χ2v) is 7.51. The Morgan fingerprint density at radius 3 is 2.82 bits per heavy atom. The van der Waals surface area contributed by atoms with E-state index in [4.69, 9.17) is 11.6 Å². The van der Waals surface area contributed by atoms with Crippen molar-refractivity contribution >= 4 is 21.4 Å². The largest absolute Gasteiger partial charge is 0.306 e. The number of sulfone groups is 1. The summed E-state index contributed by atoms with van der Waals surface area (Å²) in [4.78, 5) is 0. The number of hydrogen-bond donors (Lipinski definition) is 1. The predicted octanol–water partition coefficient (Wildman–Crippen LogP) is 2.01. The Labute approximate surface area is 107 Å². The van der Waals surface area contributed by atoms with Crippen LogP contribution in [0.1, 0.15) is 18.9 Å². The number of hydrogen-bond acceptors (Lipinski definition) is 3. The van der Waals surface area contributed by atoms with Crippen LogP contribution in [0, 0.1) is 0 Å². The van der Waals surface area contributed by atoms with Gasteiger partial charge in [0.05, 0.1) is 11.5 Å². The molecule has 0 bridgehead atoms. The topological polar surface area (TPSA) is 46.2 Å². The van der Waals surface area contributed by atoms with Gasteiger partial charge in [-0.3, -0.25) is 0 Å². The lowest BCUT2D eigenvalue weighted by Gasteiger charge is -2.24. The Morgan fingerprint density at radius 1 is 1.47 bits per heavy atom. The second kappa shape index (κ2) is 4.59. The van der Waals surface area contributed by atoms with Crippen molar-refractivity contribution in [1.29, 1.82) is 0 Å². The molecule has 2 rings (SSSR count). The van der Waals surface area contributed by atoms with Crippen LogP contribution in [0.4, 0.5) is 0 Å². The summed E-state index contributed by atoms with van der Waals surface area (Å²) in [6.07, 6.45) is 0.676. The predicted molar refractivity (Wildman–Crippen MR) is 70.0 cm³/mol. The van der Waals surface area contributed by atoms with Crippen molar-refractivity contribution in [3.05, 3.63) is 34.9 Å². The Hall–Kier alpha value is -0.580. The molecule has 94 valence electrons. The molecule has 0 unspecified atom stereocenters. The molecule has 3 nitrogen and oxygen atoms in total. The SMILES string of the molecule is C[C@]1(NCc2cccc(Cl)c2)CCS(=O)(=O)C1. The molecule has 1 aromatic rings. The van der Waals surface area contributed by atoms with Gasteiger partial charge in [0, 0.05) is 17.1 Å². The summed E-state index contributed by atoms with van der Waals surface area (Å²) >= 11 is 5.90. The fourth-order valence-corrected chi connectivity index (χ4v) is 4.45. The second-order valence-electron chi connectivity index (χ2n) is 4.89. The Morgan fingerprint density at radius 2 is 2.24 bits per heavy atom. The van der Waals surface area contributed by atoms with Gasteiger partial charge in [0.1, 0.15) is 0 Å². The summed E-state index contributed by atoms with van der Waals surface area (Å²) in [7, 11) is -2.86. The van der Waals surface area contributed by atoms with Crippen LogP contribution >= 0.6 is 11.6 Å². The van der Waals surface area contributed by atoms with Gasteiger partial charge in [0.25, 0.3) is 0 Å². The van der Waals surface area contributed by atoms with Crippen molar-refractivity contribution < 1.29 is 8.42 Å². The van der Waals surface area contributed by atoms with Crippen molar-refractivity contribution in [2.75, 3.05) is 11.5 Å². The van der Waals surface area contributed by atoms with E-state index in [2.05, 4.69) is 5.32 Å². The monoisotopic (exact) mass is 273 g/mol. The van der Waals surface area contributed by atoms with Crippen LogP contribution in [0.25, 0.3) is 0 Å². The van der Waals surface area contributed by atoms with E-state index >= 15 is 0 Å². The van der Waals surface area contributed by atoms with E-state index in [0.29, 0.717) is 18.0 Å². The van der Waals surface area contributed by atoms with Gasteiger partial charge in [-0.05, 0) is 31.0 Å². The van der Waals surface area contributed by atoms with Crippen LogP contribution in [-0.2, 0) is 16.4 Å². The number of halogens is 1. The zero-order chi connectivity index (χ0) is 12.5. The molecule has 1 atom stereocenters. The highest BCUT2D eigenvalue weighted by atomic mass is 35.5. The van der Waals surface area contributed by atoms with Gasteiger partial charge in [-0.15, -0.1) is 0 Å². The highest BCUT2D eigenvalue weighted by Crippen LogP contribution is 2.23. The van der Waals surface area contributed by atoms with Gasteiger partial charge in [-0.25, -0.2) is 8.42 Å². The van der Waals surface area contributed by atoms with Crippen LogP contribution in [0.15, 0.2) is 24.3 Å². The Balaban J connectivity index is 1.99. The lowest BCUT2D eigenvalue weighted by atomic mass is 10.0. The van der Waals surface area contributed by atoms with Crippen LogP contribution in [0.3, 0.4) is 0 Å². The molecule has 1 aliphatic rings. The third-order valence-electron chi connectivity index (χ3n) is 3.11. The van der Waals surface area contributed by atoms with E-state index in [1.807, 2.05) is 31.2 Å². The molecule has 1 aliphatic heterocycles. The molecule has 1 heterocycles. The van der Waals surface area contributed by atoms with E-state index in [1.54, 1.807) is 0 Å². The average molecular weight is 274 g/mol. The van der Waals surface area contributed by atoms with Crippen molar-refractivity contribution in [3.8, 4) is 0 Å². The van der Waals surface area contributed by atoms with E-state index < -0.39 is 9.84 Å². The molecule has 1 aromatic carbocycles. The first-order valence-electron chi connectivity index (χ1n) is 5.59. The first kappa shape index (κ1) is 12.9. The van der Waals surface area contributed by atoms with Crippen molar-refractivity contribution in [2.45, 2.75) is 25.4 Å². The van der Waals surface area contributed by atoms with Crippen LogP contribution in [-0.4, -0.2) is 25.5 Å². The van der Waals surface area contributed by atoms with Gasteiger partial charge >= 0.3 is 0 Å². The third kappa shape index (κ3) is 3.44. The summed E-state index contributed by atoms with van der Waals surface area (Å²) in [5.41, 5.74) is 0.768. The molecular weight excluding hydrogens is 258 g/mol. The molecule has 17 heavy (non-hydrogen) atoms. The lowest BCUT2D eigenvalue weighted by Crippen LogP contribution is -2.42. The van der Waals surface area contributed by atoms with Gasteiger partial charge in [-0.2, -0.15) is 0 Å². The van der Waals surface area contributed by atoms with E-state index in [1.165, 1.54) is 0 Å². The molecule has 0 aliphatic carbocycles. The highest BCUT2D eigenvalue weighted by Gasteiger charge is 2.37. The van der Waals surface area contributed by atoms with Gasteiger partial charge in [0.15, 0.2) is 9.84 Å². The first-order valence-corrected chi connectivity index (χ1v) is 7.78. The molecule has 5 heteroatoms. The average Bonchev–Trinajstić information content (AvgIpc) is 2.51.